The third-order valence-corrected chi connectivity index (χ3v) is 8.57. The molecular formula is C23H22F5N3O5S2. The highest BCUT2D eigenvalue weighted by atomic mass is 32.2. The first kappa shape index (κ1) is 29.5. The van der Waals surface area contributed by atoms with Crippen LogP contribution in [0.15, 0.2) is 47.4 Å². The van der Waals surface area contributed by atoms with E-state index in [1.54, 1.807) is 6.07 Å². The first-order chi connectivity index (χ1) is 17.5. The Morgan fingerprint density at radius 1 is 1.11 bits per heavy atom. The molecule has 0 aliphatic heterocycles. The van der Waals surface area contributed by atoms with Gasteiger partial charge in [-0.3, -0.25) is 10.1 Å². The van der Waals surface area contributed by atoms with Crippen molar-refractivity contribution in [1.29, 1.82) is 5.26 Å². The van der Waals surface area contributed by atoms with Gasteiger partial charge in [0.2, 0.25) is 5.91 Å². The van der Waals surface area contributed by atoms with Crippen LogP contribution in [0, 0.1) is 23.0 Å². The Morgan fingerprint density at radius 3 is 2.26 bits per heavy atom. The lowest BCUT2D eigenvalue weighted by Gasteiger charge is -2.28. The maximum absolute atomic E-state index is 14.3. The van der Waals surface area contributed by atoms with Crippen molar-refractivity contribution in [2.24, 2.45) is 0 Å². The van der Waals surface area contributed by atoms with Crippen LogP contribution >= 0.6 is 0 Å². The van der Waals surface area contributed by atoms with Gasteiger partial charge in [-0.25, -0.2) is 25.6 Å². The van der Waals surface area contributed by atoms with Gasteiger partial charge in [-0.05, 0) is 30.5 Å². The van der Waals surface area contributed by atoms with Crippen LogP contribution in [0.5, 0.6) is 0 Å². The summed E-state index contributed by atoms with van der Waals surface area (Å²) >= 11 is 0. The number of amides is 1. The minimum atomic E-state index is -5.25. The molecule has 2 N–H and O–H groups in total. The Balaban J connectivity index is 1.98. The molecule has 1 aliphatic carbocycles. The van der Waals surface area contributed by atoms with Crippen LogP contribution < -0.4 is 10.6 Å². The van der Waals surface area contributed by atoms with E-state index in [0.717, 1.165) is 12.3 Å². The second-order valence-electron chi connectivity index (χ2n) is 8.98. The van der Waals surface area contributed by atoms with Crippen molar-refractivity contribution in [3.63, 3.8) is 0 Å². The maximum atomic E-state index is 14.3. The van der Waals surface area contributed by atoms with Crippen LogP contribution in [0.3, 0.4) is 0 Å². The van der Waals surface area contributed by atoms with E-state index in [2.05, 4.69) is 5.32 Å². The molecular weight excluding hydrogens is 557 g/mol. The van der Waals surface area contributed by atoms with Crippen LogP contribution in [-0.2, 0) is 30.2 Å². The molecule has 0 saturated heterocycles. The summed E-state index contributed by atoms with van der Waals surface area (Å²) in [6.07, 6.45) is -4.04. The molecule has 8 nitrogen and oxygen atoms in total. The highest BCUT2D eigenvalue weighted by Gasteiger charge is 2.48. The van der Waals surface area contributed by atoms with Gasteiger partial charge in [-0.15, -0.1) is 0 Å². The van der Waals surface area contributed by atoms with Gasteiger partial charge in [-0.2, -0.15) is 18.4 Å². The number of carbonyl (C=O) groups is 1. The van der Waals surface area contributed by atoms with E-state index >= 15 is 0 Å². The first-order valence-electron chi connectivity index (χ1n) is 11.0. The number of sulfone groups is 2. The Kier molecular flexibility index (Phi) is 8.21. The van der Waals surface area contributed by atoms with Gasteiger partial charge in [0, 0.05) is 17.9 Å². The predicted molar refractivity (Wildman–Crippen MR) is 125 cm³/mol. The lowest BCUT2D eigenvalue weighted by molar-refractivity contribution is -0.161. The van der Waals surface area contributed by atoms with Gasteiger partial charge in [0.15, 0.2) is 19.7 Å². The molecule has 0 bridgehead atoms. The number of benzene rings is 2. The van der Waals surface area contributed by atoms with Crippen LogP contribution in [0.1, 0.15) is 30.0 Å². The Bertz CT molecular complexity index is 1480. The van der Waals surface area contributed by atoms with E-state index < -0.39 is 78.1 Å². The molecule has 1 saturated carbocycles. The van der Waals surface area contributed by atoms with Crippen molar-refractivity contribution in [2.45, 2.75) is 47.3 Å². The zero-order chi connectivity index (χ0) is 28.5. The van der Waals surface area contributed by atoms with Crippen molar-refractivity contribution in [1.82, 2.24) is 10.6 Å². The van der Waals surface area contributed by atoms with Gasteiger partial charge in [0.1, 0.15) is 29.3 Å². The molecule has 15 heteroatoms. The van der Waals surface area contributed by atoms with E-state index in [1.807, 2.05) is 5.32 Å². The summed E-state index contributed by atoms with van der Waals surface area (Å²) in [4.78, 5) is 12.6. The van der Waals surface area contributed by atoms with Gasteiger partial charge in [0.25, 0.3) is 0 Å². The number of alkyl halides is 3. The average Bonchev–Trinajstić information content (AvgIpc) is 3.55. The minimum absolute atomic E-state index is 0.165. The van der Waals surface area contributed by atoms with Crippen molar-refractivity contribution < 1.29 is 43.6 Å². The molecule has 1 aliphatic rings. The zero-order valence-corrected chi connectivity index (χ0v) is 21.4. The number of hydrogen-bond acceptors (Lipinski definition) is 7. The number of nitrogens with zero attached hydrogens (tertiary/aromatic N) is 1. The monoisotopic (exact) mass is 579 g/mol. The summed E-state index contributed by atoms with van der Waals surface area (Å²) in [6, 6.07) is 3.10. The molecule has 2 aromatic carbocycles. The molecule has 1 fully saturated rings. The third kappa shape index (κ3) is 7.27. The number of nitrogens with one attached hydrogen (secondary N) is 2. The van der Waals surface area contributed by atoms with E-state index in [9.17, 15) is 48.8 Å². The fraction of sp³-hybridized carbons (Fsp3) is 0.391. The SMILES string of the molecule is CS(=O)(=O)c1ccccc1CS(=O)(=O)C[C@H](N[C@@H](c1ccc(F)cc1F)C(F)(F)F)C(=O)NC1(C#N)CC1. The Labute approximate surface area is 215 Å². The molecule has 2 atom stereocenters. The smallest absolute Gasteiger partial charge is 0.336 e. The zero-order valence-electron chi connectivity index (χ0n) is 19.7. The van der Waals surface area contributed by atoms with Gasteiger partial charge in [-0.1, -0.05) is 24.3 Å². The fourth-order valence-electron chi connectivity index (χ4n) is 3.74. The van der Waals surface area contributed by atoms with Crippen LogP contribution in [0.4, 0.5) is 22.0 Å². The molecule has 0 aromatic heterocycles. The van der Waals surface area contributed by atoms with E-state index in [4.69, 9.17) is 0 Å². The van der Waals surface area contributed by atoms with Crippen molar-refractivity contribution in [2.75, 3.05) is 12.0 Å². The molecule has 0 spiro atoms. The standard InChI is InChI=1S/C23H22F5N3O5S2/c1-37(33,34)19-5-3-2-4-14(19)11-38(35,36)12-18(21(32)31-22(13-29)8-9-22)30-20(23(26,27)28)16-7-6-15(24)10-17(16)25/h2-7,10,18,20,30H,8-9,11-12H2,1H3,(H,31,32)/t18-,20-/m0/s1. The summed E-state index contributed by atoms with van der Waals surface area (Å²) in [5, 5.41) is 13.3. The van der Waals surface area contributed by atoms with Crippen LogP contribution in [0.25, 0.3) is 0 Å². The molecule has 3 rings (SSSR count). The number of rotatable bonds is 10. The number of hydrogen-bond donors (Lipinski definition) is 2. The minimum Gasteiger partial charge on any atom is -0.336 e. The lowest BCUT2D eigenvalue weighted by Crippen LogP contribution is -2.54. The average molecular weight is 580 g/mol. The Hall–Kier alpha value is -3.09. The fourth-order valence-corrected chi connectivity index (χ4v) is 6.38. The Morgan fingerprint density at radius 2 is 1.74 bits per heavy atom. The maximum Gasteiger partial charge on any atom is 0.408 e. The summed E-state index contributed by atoms with van der Waals surface area (Å²) < 4.78 is 120. The molecule has 0 unspecified atom stereocenters. The molecule has 206 valence electrons. The van der Waals surface area contributed by atoms with Crippen LogP contribution in [-0.4, -0.2) is 52.5 Å². The summed E-state index contributed by atoms with van der Waals surface area (Å²) in [6.45, 7) is 0. The van der Waals surface area contributed by atoms with E-state index in [-0.39, 0.29) is 29.4 Å². The second-order valence-corrected chi connectivity index (χ2v) is 13.1. The number of halogens is 5. The largest absolute Gasteiger partial charge is 0.408 e. The van der Waals surface area contributed by atoms with Crippen molar-refractivity contribution >= 4 is 25.6 Å². The molecule has 1 amide bonds. The third-order valence-electron chi connectivity index (χ3n) is 5.78. The summed E-state index contributed by atoms with van der Waals surface area (Å²) in [5.41, 5.74) is -2.63. The lowest BCUT2D eigenvalue weighted by atomic mass is 10.0. The summed E-state index contributed by atoms with van der Waals surface area (Å²) in [5.74, 6) is -6.20. The van der Waals surface area contributed by atoms with Crippen LogP contribution in [0.2, 0.25) is 0 Å². The van der Waals surface area contributed by atoms with Gasteiger partial charge in [0.05, 0.1) is 22.5 Å². The summed E-state index contributed by atoms with van der Waals surface area (Å²) in [7, 11) is -8.35. The topological polar surface area (TPSA) is 133 Å². The number of nitriles is 1. The van der Waals surface area contributed by atoms with Crippen molar-refractivity contribution in [3.8, 4) is 6.07 Å². The molecule has 38 heavy (non-hydrogen) atoms. The predicted octanol–water partition coefficient (Wildman–Crippen LogP) is 2.72. The second kappa shape index (κ2) is 10.6. The highest BCUT2D eigenvalue weighted by molar-refractivity contribution is 7.91. The first-order valence-corrected chi connectivity index (χ1v) is 14.7. The molecule has 0 heterocycles. The van der Waals surface area contributed by atoms with Gasteiger partial charge < -0.3 is 5.32 Å². The van der Waals surface area contributed by atoms with Crippen molar-refractivity contribution in [3.05, 3.63) is 65.2 Å². The van der Waals surface area contributed by atoms with E-state index in [0.29, 0.717) is 12.1 Å². The number of carbonyl (C=O) groups excluding carboxylic acids is 1. The van der Waals surface area contributed by atoms with E-state index in [1.165, 1.54) is 18.2 Å². The highest BCUT2D eigenvalue weighted by Crippen LogP contribution is 2.36. The molecule has 2 aromatic rings. The molecule has 0 radical (unpaired) electrons. The normalized spacial score (nSPS) is 16.8. The quantitative estimate of drug-likeness (QED) is 0.414. The van der Waals surface area contributed by atoms with Gasteiger partial charge >= 0.3 is 6.18 Å².